The summed E-state index contributed by atoms with van der Waals surface area (Å²) in [6, 6.07) is 14.8. The second kappa shape index (κ2) is 7.57. The number of aliphatic imine (C=N–C) groups is 1. The van der Waals surface area contributed by atoms with Gasteiger partial charge in [-0.1, -0.05) is 36.0 Å². The van der Waals surface area contributed by atoms with Crippen LogP contribution in [0.2, 0.25) is 0 Å². The second-order valence-electron chi connectivity index (χ2n) is 4.88. The Balaban J connectivity index is 2.01. The van der Waals surface area contributed by atoms with E-state index < -0.39 is 0 Å². The number of thioether (sulfide) groups is 2. The van der Waals surface area contributed by atoms with E-state index in [0.29, 0.717) is 5.17 Å². The summed E-state index contributed by atoms with van der Waals surface area (Å²) in [6.45, 7) is 4.12. The molecule has 0 saturated heterocycles. The van der Waals surface area contributed by atoms with Crippen molar-refractivity contribution in [3.05, 3.63) is 59.2 Å². The highest BCUT2D eigenvalue weighted by Gasteiger charge is 2.01. The molecule has 0 radical (unpaired) electrons. The van der Waals surface area contributed by atoms with Gasteiger partial charge in [-0.05, 0) is 55.0 Å². The molecule has 0 aliphatic carbocycles. The molecular formula is C17H20N2S2. The molecule has 0 bridgehead atoms. The minimum Gasteiger partial charge on any atom is -0.378 e. The standard InChI is InChI=1S/C17H20N2S2/c1-12-4-5-13(2)16(10-12)19-17(18)21-11-14-6-8-15(20-3)9-7-14/h4-10H,11H2,1-3H3,(H2,18,19). The summed E-state index contributed by atoms with van der Waals surface area (Å²) in [5, 5.41) is 0.609. The average molecular weight is 316 g/mol. The highest BCUT2D eigenvalue weighted by molar-refractivity contribution is 8.13. The largest absolute Gasteiger partial charge is 0.378 e. The molecule has 0 aliphatic heterocycles. The number of benzene rings is 2. The van der Waals surface area contributed by atoms with Crippen LogP contribution in [0.4, 0.5) is 5.69 Å². The molecule has 2 aromatic rings. The summed E-state index contributed by atoms with van der Waals surface area (Å²) in [6.07, 6.45) is 2.08. The average Bonchev–Trinajstić information content (AvgIpc) is 2.49. The van der Waals surface area contributed by atoms with E-state index in [4.69, 9.17) is 5.73 Å². The van der Waals surface area contributed by atoms with E-state index in [-0.39, 0.29) is 0 Å². The summed E-state index contributed by atoms with van der Waals surface area (Å²) < 4.78 is 0. The Bertz CT molecular complexity index is 634. The van der Waals surface area contributed by atoms with Gasteiger partial charge in [-0.2, -0.15) is 0 Å². The summed E-state index contributed by atoms with van der Waals surface area (Å²) in [5.74, 6) is 0.842. The van der Waals surface area contributed by atoms with Crippen LogP contribution in [0.5, 0.6) is 0 Å². The van der Waals surface area contributed by atoms with Crippen LogP contribution in [0.1, 0.15) is 16.7 Å². The molecule has 2 aromatic carbocycles. The molecule has 0 spiro atoms. The van der Waals surface area contributed by atoms with Gasteiger partial charge in [0.2, 0.25) is 0 Å². The van der Waals surface area contributed by atoms with E-state index in [2.05, 4.69) is 67.6 Å². The van der Waals surface area contributed by atoms with Crippen LogP contribution >= 0.6 is 23.5 Å². The van der Waals surface area contributed by atoms with Crippen molar-refractivity contribution in [1.29, 1.82) is 0 Å². The van der Waals surface area contributed by atoms with Gasteiger partial charge in [0, 0.05) is 10.6 Å². The third kappa shape index (κ3) is 4.83. The van der Waals surface area contributed by atoms with Crippen molar-refractivity contribution in [3.63, 3.8) is 0 Å². The van der Waals surface area contributed by atoms with Gasteiger partial charge in [-0.3, -0.25) is 0 Å². The van der Waals surface area contributed by atoms with Crippen molar-refractivity contribution in [2.75, 3.05) is 6.26 Å². The van der Waals surface area contributed by atoms with Crippen molar-refractivity contribution in [1.82, 2.24) is 0 Å². The normalized spacial score (nSPS) is 11.7. The Kier molecular flexibility index (Phi) is 5.76. The number of hydrogen-bond donors (Lipinski definition) is 1. The number of aryl methyl sites for hydroxylation is 2. The van der Waals surface area contributed by atoms with Crippen LogP contribution < -0.4 is 5.73 Å². The molecule has 2 N–H and O–H groups in total. The molecule has 0 amide bonds. The van der Waals surface area contributed by atoms with Gasteiger partial charge < -0.3 is 5.73 Å². The van der Waals surface area contributed by atoms with Crippen LogP contribution in [0, 0.1) is 13.8 Å². The Hall–Kier alpha value is -1.39. The minimum atomic E-state index is 0.609. The first kappa shape index (κ1) is 16.0. The van der Waals surface area contributed by atoms with E-state index in [9.17, 15) is 0 Å². The zero-order valence-corrected chi connectivity index (χ0v) is 14.2. The maximum Gasteiger partial charge on any atom is 0.159 e. The lowest BCUT2D eigenvalue weighted by Crippen LogP contribution is -2.06. The molecule has 0 unspecified atom stereocenters. The van der Waals surface area contributed by atoms with E-state index in [0.717, 1.165) is 17.0 Å². The van der Waals surface area contributed by atoms with E-state index in [1.165, 1.54) is 16.0 Å². The van der Waals surface area contributed by atoms with Gasteiger partial charge in [0.05, 0.1) is 5.69 Å². The maximum atomic E-state index is 6.04. The van der Waals surface area contributed by atoms with Gasteiger partial charge >= 0.3 is 0 Å². The third-order valence-corrected chi connectivity index (χ3v) is 4.75. The smallest absolute Gasteiger partial charge is 0.159 e. The predicted molar refractivity (Wildman–Crippen MR) is 96.7 cm³/mol. The van der Waals surface area contributed by atoms with Crippen LogP contribution in [0.15, 0.2) is 52.4 Å². The van der Waals surface area contributed by atoms with Gasteiger partial charge in [0.25, 0.3) is 0 Å². The summed E-state index contributed by atoms with van der Waals surface area (Å²) >= 11 is 3.32. The lowest BCUT2D eigenvalue weighted by atomic mass is 10.1. The molecule has 21 heavy (non-hydrogen) atoms. The molecule has 0 atom stereocenters. The molecule has 2 rings (SSSR count). The first-order chi connectivity index (χ1) is 10.1. The monoisotopic (exact) mass is 316 g/mol. The Labute approximate surface area is 135 Å². The summed E-state index contributed by atoms with van der Waals surface area (Å²) in [5.41, 5.74) is 10.6. The molecular weight excluding hydrogens is 296 g/mol. The third-order valence-electron chi connectivity index (χ3n) is 3.14. The Morgan fingerprint density at radius 2 is 1.81 bits per heavy atom. The summed E-state index contributed by atoms with van der Waals surface area (Å²) in [7, 11) is 0. The second-order valence-corrected chi connectivity index (χ2v) is 6.75. The fraction of sp³-hybridized carbons (Fsp3) is 0.235. The van der Waals surface area contributed by atoms with Gasteiger partial charge in [0.15, 0.2) is 5.17 Å². The van der Waals surface area contributed by atoms with Crippen molar-refractivity contribution in [2.24, 2.45) is 10.7 Å². The highest BCUT2D eigenvalue weighted by atomic mass is 32.2. The first-order valence-electron chi connectivity index (χ1n) is 6.75. The van der Waals surface area contributed by atoms with Crippen LogP contribution in [-0.2, 0) is 5.75 Å². The topological polar surface area (TPSA) is 38.4 Å². The van der Waals surface area contributed by atoms with E-state index in [1.54, 1.807) is 23.5 Å². The maximum absolute atomic E-state index is 6.04. The fourth-order valence-corrected chi connectivity index (χ4v) is 2.95. The number of amidine groups is 1. The number of hydrogen-bond acceptors (Lipinski definition) is 3. The number of nitrogens with zero attached hydrogens (tertiary/aromatic N) is 1. The Morgan fingerprint density at radius 1 is 1.10 bits per heavy atom. The van der Waals surface area contributed by atoms with Crippen molar-refractivity contribution in [3.8, 4) is 0 Å². The molecule has 4 heteroatoms. The molecule has 0 saturated carbocycles. The quantitative estimate of drug-likeness (QED) is 0.495. The van der Waals surface area contributed by atoms with E-state index >= 15 is 0 Å². The van der Waals surface area contributed by atoms with Crippen molar-refractivity contribution >= 4 is 34.4 Å². The zero-order valence-electron chi connectivity index (χ0n) is 12.6. The van der Waals surface area contributed by atoms with Gasteiger partial charge in [0.1, 0.15) is 0 Å². The number of rotatable bonds is 4. The fourth-order valence-electron chi connectivity index (χ4n) is 1.87. The van der Waals surface area contributed by atoms with Crippen LogP contribution in [-0.4, -0.2) is 11.4 Å². The van der Waals surface area contributed by atoms with Crippen LogP contribution in [0.3, 0.4) is 0 Å². The summed E-state index contributed by atoms with van der Waals surface area (Å²) in [4.78, 5) is 5.80. The van der Waals surface area contributed by atoms with E-state index in [1.807, 2.05) is 0 Å². The highest BCUT2D eigenvalue weighted by Crippen LogP contribution is 2.23. The lowest BCUT2D eigenvalue weighted by Gasteiger charge is -2.05. The molecule has 0 aliphatic rings. The molecule has 0 heterocycles. The first-order valence-corrected chi connectivity index (χ1v) is 8.96. The van der Waals surface area contributed by atoms with Gasteiger partial charge in [-0.25, -0.2) is 4.99 Å². The predicted octanol–water partition coefficient (Wildman–Crippen LogP) is 4.90. The lowest BCUT2D eigenvalue weighted by molar-refractivity contribution is 1.34. The number of nitrogens with two attached hydrogens (primary N) is 1. The van der Waals surface area contributed by atoms with Gasteiger partial charge in [-0.15, -0.1) is 11.8 Å². The van der Waals surface area contributed by atoms with Crippen molar-refractivity contribution < 1.29 is 0 Å². The van der Waals surface area contributed by atoms with Crippen molar-refractivity contribution in [2.45, 2.75) is 24.5 Å². The zero-order chi connectivity index (χ0) is 15.2. The molecule has 110 valence electrons. The molecule has 0 aromatic heterocycles. The molecule has 0 fully saturated rings. The SMILES string of the molecule is CSc1ccc(CSC(N)=Nc2cc(C)ccc2C)cc1. The molecule has 2 nitrogen and oxygen atoms in total. The van der Waals surface area contributed by atoms with Crippen LogP contribution in [0.25, 0.3) is 0 Å². The Morgan fingerprint density at radius 3 is 2.48 bits per heavy atom. The minimum absolute atomic E-state index is 0.609.